The number of furan rings is 1. The van der Waals surface area contributed by atoms with Crippen molar-refractivity contribution in [3.63, 3.8) is 0 Å². The lowest BCUT2D eigenvalue weighted by Crippen LogP contribution is -2.13. The molecular weight excluding hydrogens is 260 g/mol. The van der Waals surface area contributed by atoms with E-state index < -0.39 is 10.0 Å². The van der Waals surface area contributed by atoms with Crippen LogP contribution in [0, 0.1) is 20.8 Å². The first-order valence-electron chi connectivity index (χ1n) is 4.91. The molecule has 0 spiro atoms. The van der Waals surface area contributed by atoms with Gasteiger partial charge in [0, 0.05) is 11.4 Å². The van der Waals surface area contributed by atoms with Crippen LogP contribution in [0.3, 0.4) is 0 Å². The average Bonchev–Trinajstić information content (AvgIpc) is 2.74. The van der Waals surface area contributed by atoms with Gasteiger partial charge in [-0.05, 0) is 32.3 Å². The molecule has 2 aromatic heterocycles. The first-order chi connectivity index (χ1) is 7.90. The molecule has 2 aromatic rings. The number of nitrogens with zero attached hydrogens (tertiary/aromatic N) is 1. The number of hydrogen-bond donors (Lipinski definition) is 1. The molecule has 0 fully saturated rings. The van der Waals surface area contributed by atoms with Gasteiger partial charge in [0.15, 0.2) is 0 Å². The van der Waals surface area contributed by atoms with Crippen LogP contribution < -0.4 is 4.72 Å². The summed E-state index contributed by atoms with van der Waals surface area (Å²) >= 11 is 1.21. The van der Waals surface area contributed by atoms with Crippen molar-refractivity contribution in [3.05, 3.63) is 28.7 Å². The van der Waals surface area contributed by atoms with Crippen LogP contribution in [0.1, 0.15) is 17.2 Å². The Hall–Kier alpha value is -1.34. The van der Waals surface area contributed by atoms with Crippen LogP contribution in [0.2, 0.25) is 0 Å². The van der Waals surface area contributed by atoms with Crippen LogP contribution in [0.5, 0.6) is 0 Å². The summed E-state index contributed by atoms with van der Waals surface area (Å²) in [6, 6.07) is 1.51. The summed E-state index contributed by atoms with van der Waals surface area (Å²) in [5, 5.41) is 1.66. The molecule has 0 amide bonds. The van der Waals surface area contributed by atoms with Gasteiger partial charge in [-0.1, -0.05) is 0 Å². The van der Waals surface area contributed by atoms with Crippen molar-refractivity contribution in [3.8, 4) is 0 Å². The van der Waals surface area contributed by atoms with Gasteiger partial charge in [-0.25, -0.2) is 8.42 Å². The molecule has 1 N–H and O–H groups in total. The SMILES string of the molecule is Cc1cc(S(=O)(=O)Nc2csnc2C)c(C)o1. The Morgan fingerprint density at radius 3 is 2.53 bits per heavy atom. The van der Waals surface area contributed by atoms with Gasteiger partial charge in [0.05, 0.1) is 11.4 Å². The summed E-state index contributed by atoms with van der Waals surface area (Å²) in [6.45, 7) is 5.09. The Labute approximate surface area is 104 Å². The van der Waals surface area contributed by atoms with Crippen molar-refractivity contribution in [1.82, 2.24) is 4.37 Å². The first-order valence-corrected chi connectivity index (χ1v) is 7.23. The standard InChI is InChI=1S/C10H12N2O3S2/c1-6-4-10(8(3)15-6)17(13,14)12-9-5-16-11-7(9)2/h4-5,12H,1-3H3. The highest BCUT2D eigenvalue weighted by Gasteiger charge is 2.21. The topological polar surface area (TPSA) is 72.2 Å². The molecule has 2 heterocycles. The van der Waals surface area contributed by atoms with E-state index in [0.717, 1.165) is 0 Å². The number of hydrogen-bond acceptors (Lipinski definition) is 5. The Kier molecular flexibility index (Phi) is 2.96. The maximum atomic E-state index is 12.1. The molecule has 7 heteroatoms. The predicted octanol–water partition coefficient (Wildman–Crippen LogP) is 2.46. The number of aryl methyl sites for hydroxylation is 3. The quantitative estimate of drug-likeness (QED) is 0.931. The molecule has 0 aliphatic carbocycles. The van der Waals surface area contributed by atoms with Gasteiger partial charge in [-0.15, -0.1) is 0 Å². The lowest BCUT2D eigenvalue weighted by Gasteiger charge is -2.05. The maximum absolute atomic E-state index is 12.1. The minimum Gasteiger partial charge on any atom is -0.465 e. The Morgan fingerprint density at radius 2 is 2.06 bits per heavy atom. The molecule has 0 unspecified atom stereocenters. The van der Waals surface area contributed by atoms with E-state index in [1.54, 1.807) is 26.2 Å². The van der Waals surface area contributed by atoms with E-state index in [2.05, 4.69) is 9.10 Å². The van der Waals surface area contributed by atoms with Crippen molar-refractivity contribution in [2.45, 2.75) is 25.7 Å². The highest BCUT2D eigenvalue weighted by atomic mass is 32.2. The molecule has 17 heavy (non-hydrogen) atoms. The third kappa shape index (κ3) is 2.34. The fourth-order valence-electron chi connectivity index (χ4n) is 1.46. The van der Waals surface area contributed by atoms with Crippen LogP contribution in [0.25, 0.3) is 0 Å². The smallest absolute Gasteiger partial charge is 0.265 e. The first kappa shape index (κ1) is 12.1. The Morgan fingerprint density at radius 1 is 1.35 bits per heavy atom. The predicted molar refractivity (Wildman–Crippen MR) is 65.8 cm³/mol. The van der Waals surface area contributed by atoms with Gasteiger partial charge < -0.3 is 4.42 Å². The van der Waals surface area contributed by atoms with Gasteiger partial charge in [0.1, 0.15) is 16.4 Å². The van der Waals surface area contributed by atoms with Crippen LogP contribution >= 0.6 is 11.5 Å². The Balaban J connectivity index is 2.38. The second-order valence-corrected chi connectivity index (χ2v) is 5.98. The third-order valence-corrected chi connectivity index (χ3v) is 4.47. The Bertz CT molecular complexity index is 640. The zero-order valence-corrected chi connectivity index (χ0v) is 11.3. The van der Waals surface area contributed by atoms with Gasteiger partial charge in [-0.2, -0.15) is 4.37 Å². The van der Waals surface area contributed by atoms with Gasteiger partial charge in [0.2, 0.25) is 0 Å². The van der Waals surface area contributed by atoms with E-state index in [1.807, 2.05) is 0 Å². The second kappa shape index (κ2) is 4.15. The third-order valence-electron chi connectivity index (χ3n) is 2.28. The molecule has 92 valence electrons. The fraction of sp³-hybridized carbons (Fsp3) is 0.300. The molecule has 0 saturated heterocycles. The average molecular weight is 272 g/mol. The highest BCUT2D eigenvalue weighted by Crippen LogP contribution is 2.24. The van der Waals surface area contributed by atoms with Gasteiger partial charge in [-0.3, -0.25) is 4.72 Å². The molecule has 5 nitrogen and oxygen atoms in total. The number of aromatic nitrogens is 1. The van der Waals surface area contributed by atoms with Crippen molar-refractivity contribution >= 4 is 27.2 Å². The molecule has 0 saturated carbocycles. The second-order valence-electron chi connectivity index (χ2n) is 3.70. The van der Waals surface area contributed by atoms with Crippen molar-refractivity contribution in [2.75, 3.05) is 4.72 Å². The summed E-state index contributed by atoms with van der Waals surface area (Å²) in [5.74, 6) is 0.957. The number of rotatable bonds is 3. The number of anilines is 1. The highest BCUT2D eigenvalue weighted by molar-refractivity contribution is 7.92. The van der Waals surface area contributed by atoms with E-state index in [-0.39, 0.29) is 4.90 Å². The summed E-state index contributed by atoms with van der Waals surface area (Å²) in [4.78, 5) is 0.167. The van der Waals surface area contributed by atoms with Crippen LogP contribution in [0.15, 0.2) is 20.8 Å². The van der Waals surface area contributed by atoms with Gasteiger partial charge in [0.25, 0.3) is 10.0 Å². The van der Waals surface area contributed by atoms with Crippen molar-refractivity contribution < 1.29 is 12.8 Å². The molecule has 0 aliphatic heterocycles. The van der Waals surface area contributed by atoms with E-state index in [9.17, 15) is 8.42 Å². The molecule has 0 bridgehead atoms. The summed E-state index contributed by atoms with van der Waals surface area (Å²) in [7, 11) is -3.59. The summed E-state index contributed by atoms with van der Waals surface area (Å²) in [5.41, 5.74) is 1.17. The lowest BCUT2D eigenvalue weighted by atomic mass is 10.4. The normalized spacial score (nSPS) is 11.7. The molecule has 0 aliphatic rings. The van der Waals surface area contributed by atoms with Gasteiger partial charge >= 0.3 is 0 Å². The number of nitrogens with one attached hydrogen (secondary N) is 1. The lowest BCUT2D eigenvalue weighted by molar-refractivity contribution is 0.496. The largest absolute Gasteiger partial charge is 0.465 e. The fourth-order valence-corrected chi connectivity index (χ4v) is 3.53. The minimum absolute atomic E-state index is 0.167. The van der Waals surface area contributed by atoms with E-state index in [0.29, 0.717) is 22.9 Å². The minimum atomic E-state index is -3.59. The van der Waals surface area contributed by atoms with E-state index >= 15 is 0 Å². The van der Waals surface area contributed by atoms with E-state index in [4.69, 9.17) is 4.42 Å². The van der Waals surface area contributed by atoms with E-state index in [1.165, 1.54) is 17.6 Å². The zero-order chi connectivity index (χ0) is 12.6. The molecule has 0 atom stereocenters. The summed E-state index contributed by atoms with van der Waals surface area (Å²) in [6.07, 6.45) is 0. The number of sulfonamides is 1. The molecule has 0 aromatic carbocycles. The van der Waals surface area contributed by atoms with Crippen molar-refractivity contribution in [1.29, 1.82) is 0 Å². The van der Waals surface area contributed by atoms with Crippen LogP contribution in [-0.4, -0.2) is 12.8 Å². The maximum Gasteiger partial charge on any atom is 0.265 e. The van der Waals surface area contributed by atoms with Crippen molar-refractivity contribution in [2.24, 2.45) is 0 Å². The monoisotopic (exact) mass is 272 g/mol. The van der Waals surface area contributed by atoms with Crippen LogP contribution in [-0.2, 0) is 10.0 Å². The summed E-state index contributed by atoms with van der Waals surface area (Å²) < 4.78 is 35.9. The molecule has 2 rings (SSSR count). The molecular formula is C10H12N2O3S2. The van der Waals surface area contributed by atoms with Crippen LogP contribution in [0.4, 0.5) is 5.69 Å². The zero-order valence-electron chi connectivity index (χ0n) is 9.64. The molecule has 0 radical (unpaired) electrons.